The zero-order valence-electron chi connectivity index (χ0n) is 12.0. The molecule has 5 heteroatoms. The Morgan fingerprint density at radius 1 is 1.29 bits per heavy atom. The number of anilines is 1. The number of hydrogen-bond acceptors (Lipinski definition) is 2. The van der Waals surface area contributed by atoms with Crippen LogP contribution in [0.4, 0.5) is 14.5 Å². The molecule has 0 aromatic heterocycles. The molecule has 3 unspecified atom stereocenters. The largest absolute Gasteiger partial charge is 0.478 e. The van der Waals surface area contributed by atoms with Crippen LogP contribution in [0.2, 0.25) is 0 Å². The van der Waals surface area contributed by atoms with Gasteiger partial charge in [0, 0.05) is 13.6 Å². The predicted molar refractivity (Wildman–Crippen MR) is 75.5 cm³/mol. The molecule has 2 saturated carbocycles. The van der Waals surface area contributed by atoms with Crippen LogP contribution in [-0.4, -0.2) is 24.7 Å². The van der Waals surface area contributed by atoms with Crippen LogP contribution in [0.15, 0.2) is 12.1 Å². The van der Waals surface area contributed by atoms with E-state index < -0.39 is 17.6 Å². The van der Waals surface area contributed by atoms with Crippen molar-refractivity contribution in [3.63, 3.8) is 0 Å². The summed E-state index contributed by atoms with van der Waals surface area (Å²) in [6.45, 7) is 0.626. The van der Waals surface area contributed by atoms with Gasteiger partial charge in [-0.2, -0.15) is 0 Å². The smallest absolute Gasteiger partial charge is 0.335 e. The number of carboxylic acids is 1. The number of fused-ring (bicyclic) bond motifs is 2. The molecular weight excluding hydrogens is 276 g/mol. The molecule has 0 saturated heterocycles. The predicted octanol–water partition coefficient (Wildman–Crippen LogP) is 3.54. The normalized spacial score (nSPS) is 27.1. The van der Waals surface area contributed by atoms with Crippen LogP contribution in [-0.2, 0) is 0 Å². The van der Waals surface area contributed by atoms with Crippen LogP contribution in [0, 0.1) is 29.4 Å². The van der Waals surface area contributed by atoms with Gasteiger partial charge in [0.2, 0.25) is 0 Å². The maximum Gasteiger partial charge on any atom is 0.335 e. The topological polar surface area (TPSA) is 40.5 Å². The van der Waals surface area contributed by atoms with E-state index in [4.69, 9.17) is 5.11 Å². The van der Waals surface area contributed by atoms with Gasteiger partial charge in [0.25, 0.3) is 0 Å². The molecule has 1 N–H and O–H groups in total. The van der Waals surface area contributed by atoms with Crippen LogP contribution < -0.4 is 4.90 Å². The van der Waals surface area contributed by atoms with Crippen molar-refractivity contribution < 1.29 is 18.7 Å². The Labute approximate surface area is 122 Å². The monoisotopic (exact) mass is 295 g/mol. The third-order valence-electron chi connectivity index (χ3n) is 5.04. The molecule has 2 fully saturated rings. The van der Waals surface area contributed by atoms with Crippen molar-refractivity contribution in [1.29, 1.82) is 0 Å². The van der Waals surface area contributed by atoms with Crippen molar-refractivity contribution in [2.45, 2.75) is 25.7 Å². The summed E-state index contributed by atoms with van der Waals surface area (Å²) in [5, 5.41) is 8.82. The Kier molecular flexibility index (Phi) is 3.59. The fraction of sp³-hybridized carbons (Fsp3) is 0.562. The first-order valence-corrected chi connectivity index (χ1v) is 7.39. The van der Waals surface area contributed by atoms with Crippen molar-refractivity contribution >= 4 is 11.7 Å². The Morgan fingerprint density at radius 2 is 1.95 bits per heavy atom. The average Bonchev–Trinajstić information content (AvgIpc) is 2.99. The lowest BCUT2D eigenvalue weighted by Crippen LogP contribution is -2.30. The third kappa shape index (κ3) is 2.61. The van der Waals surface area contributed by atoms with E-state index in [0.717, 1.165) is 24.5 Å². The summed E-state index contributed by atoms with van der Waals surface area (Å²) >= 11 is 0. The first kappa shape index (κ1) is 14.3. The van der Waals surface area contributed by atoms with E-state index in [-0.39, 0.29) is 11.3 Å². The zero-order valence-corrected chi connectivity index (χ0v) is 12.0. The summed E-state index contributed by atoms with van der Waals surface area (Å²) in [7, 11) is 1.67. The Hall–Kier alpha value is -1.65. The second kappa shape index (κ2) is 5.28. The fourth-order valence-electron chi connectivity index (χ4n) is 4.10. The summed E-state index contributed by atoms with van der Waals surface area (Å²) in [5.41, 5.74) is -0.482. The summed E-state index contributed by atoms with van der Waals surface area (Å²) in [5.74, 6) is -0.975. The lowest BCUT2D eigenvalue weighted by Gasteiger charge is -2.29. The van der Waals surface area contributed by atoms with Crippen LogP contribution in [0.1, 0.15) is 36.0 Å². The van der Waals surface area contributed by atoms with Crippen LogP contribution in [0.25, 0.3) is 0 Å². The zero-order chi connectivity index (χ0) is 15.1. The van der Waals surface area contributed by atoms with Crippen LogP contribution >= 0.6 is 0 Å². The number of benzene rings is 1. The highest BCUT2D eigenvalue weighted by Gasteiger charge is 2.40. The number of carbonyl (C=O) groups is 1. The molecule has 2 bridgehead atoms. The Balaban J connectivity index is 1.78. The highest BCUT2D eigenvalue weighted by atomic mass is 19.1. The van der Waals surface area contributed by atoms with Crippen molar-refractivity contribution in [3.8, 4) is 0 Å². The van der Waals surface area contributed by atoms with E-state index in [2.05, 4.69) is 0 Å². The summed E-state index contributed by atoms with van der Waals surface area (Å²) in [4.78, 5) is 12.4. The SMILES string of the molecule is CN(CC1CC2CCC1C2)c1c(F)cc(C(=O)O)cc1F. The Bertz CT molecular complexity index is 552. The quantitative estimate of drug-likeness (QED) is 0.923. The maximum atomic E-state index is 14.0. The van der Waals surface area contributed by atoms with E-state index in [9.17, 15) is 13.6 Å². The minimum atomic E-state index is -1.32. The minimum absolute atomic E-state index is 0.122. The lowest BCUT2D eigenvalue weighted by atomic mass is 9.88. The fourth-order valence-corrected chi connectivity index (χ4v) is 4.10. The number of nitrogens with zero attached hydrogens (tertiary/aromatic N) is 1. The van der Waals surface area contributed by atoms with Crippen LogP contribution in [0.3, 0.4) is 0 Å². The van der Waals surface area contributed by atoms with Gasteiger partial charge in [0.15, 0.2) is 0 Å². The number of carboxylic acid groups (broad SMARTS) is 1. The lowest BCUT2D eigenvalue weighted by molar-refractivity contribution is 0.0695. The molecule has 0 radical (unpaired) electrons. The molecule has 2 aliphatic carbocycles. The van der Waals surface area contributed by atoms with Gasteiger partial charge in [0.1, 0.15) is 17.3 Å². The average molecular weight is 295 g/mol. The number of aromatic carboxylic acids is 1. The first-order chi connectivity index (χ1) is 9.95. The molecule has 0 amide bonds. The highest BCUT2D eigenvalue weighted by Crippen LogP contribution is 2.48. The van der Waals surface area contributed by atoms with Gasteiger partial charge in [-0.05, 0) is 49.1 Å². The molecule has 1 aromatic carbocycles. The van der Waals surface area contributed by atoms with Crippen molar-refractivity contribution in [1.82, 2.24) is 0 Å². The van der Waals surface area contributed by atoms with Gasteiger partial charge < -0.3 is 10.0 Å². The third-order valence-corrected chi connectivity index (χ3v) is 5.04. The van der Waals surface area contributed by atoms with Gasteiger partial charge >= 0.3 is 5.97 Å². The second-order valence-electron chi connectivity index (χ2n) is 6.41. The molecule has 2 aliphatic rings. The molecule has 21 heavy (non-hydrogen) atoms. The van der Waals surface area contributed by atoms with E-state index >= 15 is 0 Å². The molecule has 3 rings (SSSR count). The number of halogens is 2. The maximum absolute atomic E-state index is 14.0. The van der Waals surface area contributed by atoms with Gasteiger partial charge in [-0.25, -0.2) is 13.6 Å². The van der Waals surface area contributed by atoms with Gasteiger partial charge in [-0.3, -0.25) is 0 Å². The van der Waals surface area contributed by atoms with E-state index in [1.165, 1.54) is 19.3 Å². The van der Waals surface area contributed by atoms with Crippen molar-refractivity contribution in [3.05, 3.63) is 29.3 Å². The van der Waals surface area contributed by atoms with Crippen molar-refractivity contribution in [2.24, 2.45) is 17.8 Å². The molecule has 1 aromatic rings. The van der Waals surface area contributed by atoms with E-state index in [1.807, 2.05) is 0 Å². The molecule has 114 valence electrons. The standard InChI is InChI=1S/C16H19F2NO2/c1-19(8-12-5-9-2-3-10(12)4-9)15-13(17)6-11(16(20)21)7-14(15)18/h6-7,9-10,12H,2-5,8H2,1H3,(H,20,21). The molecule has 0 aliphatic heterocycles. The molecule has 3 atom stereocenters. The minimum Gasteiger partial charge on any atom is -0.478 e. The molecular formula is C16H19F2NO2. The van der Waals surface area contributed by atoms with Gasteiger partial charge in [-0.1, -0.05) is 6.42 Å². The summed E-state index contributed by atoms with van der Waals surface area (Å²) in [6.07, 6.45) is 4.92. The van der Waals surface area contributed by atoms with E-state index in [0.29, 0.717) is 18.4 Å². The molecule has 0 heterocycles. The van der Waals surface area contributed by atoms with Crippen LogP contribution in [0.5, 0.6) is 0 Å². The molecule has 0 spiro atoms. The second-order valence-corrected chi connectivity index (χ2v) is 6.41. The highest BCUT2D eigenvalue weighted by molar-refractivity contribution is 5.88. The molecule has 3 nitrogen and oxygen atoms in total. The first-order valence-electron chi connectivity index (χ1n) is 7.39. The van der Waals surface area contributed by atoms with Gasteiger partial charge in [0.05, 0.1) is 5.56 Å². The number of hydrogen-bond donors (Lipinski definition) is 1. The van der Waals surface area contributed by atoms with E-state index in [1.54, 1.807) is 11.9 Å². The Morgan fingerprint density at radius 3 is 2.43 bits per heavy atom. The summed E-state index contributed by atoms with van der Waals surface area (Å²) in [6, 6.07) is 1.77. The number of rotatable bonds is 4. The van der Waals surface area contributed by atoms with Gasteiger partial charge in [-0.15, -0.1) is 0 Å². The van der Waals surface area contributed by atoms with Crippen molar-refractivity contribution in [2.75, 3.05) is 18.5 Å². The summed E-state index contributed by atoms with van der Waals surface area (Å²) < 4.78 is 28.1.